The third-order valence-electron chi connectivity index (χ3n) is 6.05. The number of hydrogen-bond donors (Lipinski definition) is 0. The van der Waals surface area contributed by atoms with Gasteiger partial charge in [-0.3, -0.25) is 14.8 Å². The first-order valence-electron chi connectivity index (χ1n) is 11.1. The van der Waals surface area contributed by atoms with E-state index < -0.39 is 0 Å². The quantitative estimate of drug-likeness (QED) is 0.629. The van der Waals surface area contributed by atoms with Crippen molar-refractivity contribution in [3.63, 3.8) is 0 Å². The fraction of sp³-hybridized carbons (Fsp3) is 0.375. The zero-order valence-corrected chi connectivity index (χ0v) is 17.9. The van der Waals surface area contributed by atoms with Crippen molar-refractivity contribution < 1.29 is 9.53 Å². The highest BCUT2D eigenvalue weighted by Crippen LogP contribution is 2.34. The summed E-state index contributed by atoms with van der Waals surface area (Å²) in [6.07, 6.45) is 9.07. The van der Waals surface area contributed by atoms with Crippen molar-refractivity contribution >= 4 is 11.9 Å². The predicted molar refractivity (Wildman–Crippen MR) is 120 cm³/mol. The average Bonchev–Trinajstić information content (AvgIpc) is 2.89. The Morgan fingerprint density at radius 1 is 1.00 bits per heavy atom. The fourth-order valence-electron chi connectivity index (χ4n) is 4.39. The van der Waals surface area contributed by atoms with Crippen LogP contribution in [0.5, 0.6) is 0 Å². The van der Waals surface area contributed by atoms with Gasteiger partial charge in [0.2, 0.25) is 5.95 Å². The molecular weight excluding hydrogens is 404 g/mol. The number of pyridine rings is 2. The molecule has 0 bridgehead atoms. The van der Waals surface area contributed by atoms with Gasteiger partial charge < -0.3 is 14.5 Å². The second kappa shape index (κ2) is 9.40. The highest BCUT2D eigenvalue weighted by molar-refractivity contribution is 5.92. The van der Waals surface area contributed by atoms with E-state index in [4.69, 9.17) is 9.72 Å². The predicted octanol–water partition coefficient (Wildman–Crippen LogP) is 2.79. The molecule has 32 heavy (non-hydrogen) atoms. The van der Waals surface area contributed by atoms with E-state index in [1.165, 1.54) is 0 Å². The zero-order chi connectivity index (χ0) is 21.8. The molecule has 1 atom stereocenters. The maximum absolute atomic E-state index is 13.0. The van der Waals surface area contributed by atoms with Gasteiger partial charge in [0.05, 0.1) is 18.9 Å². The normalized spacial score (nSPS) is 19.1. The maximum atomic E-state index is 13.0. The Morgan fingerprint density at radius 2 is 1.91 bits per heavy atom. The van der Waals surface area contributed by atoms with Crippen LogP contribution >= 0.6 is 0 Å². The molecule has 2 saturated heterocycles. The van der Waals surface area contributed by atoms with Crippen LogP contribution in [0.25, 0.3) is 11.1 Å². The summed E-state index contributed by atoms with van der Waals surface area (Å²) in [4.78, 5) is 35.4. The Morgan fingerprint density at radius 3 is 2.69 bits per heavy atom. The van der Waals surface area contributed by atoms with Crippen molar-refractivity contribution in [2.75, 3.05) is 44.3 Å². The minimum atomic E-state index is -0.0271. The summed E-state index contributed by atoms with van der Waals surface area (Å²) < 4.78 is 5.49. The van der Waals surface area contributed by atoms with E-state index in [9.17, 15) is 4.79 Å². The highest BCUT2D eigenvalue weighted by atomic mass is 16.5. The number of anilines is 1. The summed E-state index contributed by atoms with van der Waals surface area (Å²) in [6, 6.07) is 9.40. The van der Waals surface area contributed by atoms with Gasteiger partial charge >= 0.3 is 0 Å². The first-order chi connectivity index (χ1) is 15.8. The first kappa shape index (κ1) is 20.5. The van der Waals surface area contributed by atoms with E-state index in [1.54, 1.807) is 18.5 Å². The number of nitrogens with zero attached hydrogens (tertiary/aromatic N) is 6. The lowest BCUT2D eigenvalue weighted by molar-refractivity contribution is 0.0700. The van der Waals surface area contributed by atoms with Crippen LogP contribution in [0.2, 0.25) is 0 Å². The number of aromatic nitrogens is 4. The van der Waals surface area contributed by atoms with Crippen LogP contribution < -0.4 is 4.90 Å². The number of carbonyl (C=O) groups is 1. The number of ether oxygens (including phenoxy) is 1. The molecule has 0 N–H and O–H groups in total. The Balaban J connectivity index is 1.47. The molecule has 1 amide bonds. The van der Waals surface area contributed by atoms with Crippen molar-refractivity contribution in [3.05, 3.63) is 66.5 Å². The molecule has 8 heteroatoms. The molecule has 5 rings (SSSR count). The Bertz CT molecular complexity index is 1060. The van der Waals surface area contributed by atoms with Gasteiger partial charge in [0, 0.05) is 68.0 Å². The van der Waals surface area contributed by atoms with Crippen molar-refractivity contribution in [2.24, 2.45) is 0 Å². The molecule has 0 saturated carbocycles. The van der Waals surface area contributed by atoms with E-state index in [1.807, 2.05) is 41.6 Å². The lowest BCUT2D eigenvalue weighted by Gasteiger charge is -2.34. The molecule has 1 unspecified atom stereocenters. The number of piperidine rings is 1. The lowest BCUT2D eigenvalue weighted by atomic mass is 9.90. The smallest absolute Gasteiger partial charge is 0.272 e. The van der Waals surface area contributed by atoms with Gasteiger partial charge in [0.25, 0.3) is 5.91 Å². The zero-order valence-electron chi connectivity index (χ0n) is 17.9. The number of likely N-dealkylation sites (tertiary alicyclic amines) is 1. The van der Waals surface area contributed by atoms with Crippen LogP contribution in [0.4, 0.5) is 5.95 Å². The minimum absolute atomic E-state index is 0.0271. The second-order valence-electron chi connectivity index (χ2n) is 8.12. The second-order valence-corrected chi connectivity index (χ2v) is 8.12. The van der Waals surface area contributed by atoms with Gasteiger partial charge in [-0.2, -0.15) is 0 Å². The third-order valence-corrected chi connectivity index (χ3v) is 6.05. The summed E-state index contributed by atoms with van der Waals surface area (Å²) in [5.74, 6) is 0.819. The van der Waals surface area contributed by atoms with Crippen molar-refractivity contribution in [3.8, 4) is 11.1 Å². The van der Waals surface area contributed by atoms with Crippen LogP contribution in [0.15, 0.2) is 55.1 Å². The summed E-state index contributed by atoms with van der Waals surface area (Å²) in [6.45, 7) is 4.26. The molecule has 0 aromatic carbocycles. The topological polar surface area (TPSA) is 84.3 Å². The Labute approximate surface area is 187 Å². The molecule has 0 radical (unpaired) electrons. The SMILES string of the molecule is O=C(c1ccccn1)N1CCCC(c2nc(N3CCOCC3)ncc2-c2cccnc2)C1. The van der Waals surface area contributed by atoms with Gasteiger partial charge in [-0.1, -0.05) is 12.1 Å². The maximum Gasteiger partial charge on any atom is 0.272 e. The Hall–Kier alpha value is -3.39. The highest BCUT2D eigenvalue weighted by Gasteiger charge is 2.29. The molecule has 8 nitrogen and oxygen atoms in total. The first-order valence-corrected chi connectivity index (χ1v) is 11.1. The van der Waals surface area contributed by atoms with E-state index in [0.29, 0.717) is 25.5 Å². The summed E-state index contributed by atoms with van der Waals surface area (Å²) in [5, 5.41) is 0. The molecule has 164 valence electrons. The molecule has 0 aliphatic carbocycles. The lowest BCUT2D eigenvalue weighted by Crippen LogP contribution is -2.40. The largest absolute Gasteiger partial charge is 0.378 e. The van der Waals surface area contributed by atoms with Crippen molar-refractivity contribution in [2.45, 2.75) is 18.8 Å². The summed E-state index contributed by atoms with van der Waals surface area (Å²) >= 11 is 0. The number of morpholine rings is 1. The molecule has 0 spiro atoms. The molecule has 3 aromatic heterocycles. The number of hydrogen-bond acceptors (Lipinski definition) is 7. The van der Waals surface area contributed by atoms with E-state index >= 15 is 0 Å². The molecule has 2 aliphatic rings. The van der Waals surface area contributed by atoms with Crippen LogP contribution in [-0.2, 0) is 4.74 Å². The van der Waals surface area contributed by atoms with Crippen LogP contribution in [0, 0.1) is 0 Å². The van der Waals surface area contributed by atoms with Crippen molar-refractivity contribution in [1.82, 2.24) is 24.8 Å². The molecule has 2 aliphatic heterocycles. The minimum Gasteiger partial charge on any atom is -0.378 e. The standard InChI is InChI=1S/C24H26N6O2/c31-23(21-7-1-2-9-26-21)30-10-4-6-19(17-30)22-20(18-5-3-8-25-15-18)16-27-24(28-22)29-11-13-32-14-12-29/h1-3,5,7-9,15-16,19H,4,6,10-14,17H2. The van der Waals surface area contributed by atoms with Gasteiger partial charge in [0.15, 0.2) is 0 Å². The van der Waals surface area contributed by atoms with Crippen molar-refractivity contribution in [1.29, 1.82) is 0 Å². The molecule has 5 heterocycles. The number of amides is 1. The monoisotopic (exact) mass is 430 g/mol. The van der Waals surface area contributed by atoms with Gasteiger partial charge in [-0.05, 0) is 31.0 Å². The fourth-order valence-corrected chi connectivity index (χ4v) is 4.39. The van der Waals surface area contributed by atoms with Gasteiger partial charge in [0.1, 0.15) is 5.69 Å². The summed E-state index contributed by atoms with van der Waals surface area (Å²) in [5.41, 5.74) is 3.43. The molecular formula is C24H26N6O2. The van der Waals surface area contributed by atoms with E-state index in [0.717, 1.165) is 55.2 Å². The van der Waals surface area contributed by atoms with Crippen LogP contribution in [-0.4, -0.2) is 70.1 Å². The Kier molecular flexibility index (Phi) is 6.02. The average molecular weight is 431 g/mol. The number of carbonyl (C=O) groups excluding carboxylic acids is 1. The third kappa shape index (κ3) is 4.31. The summed E-state index contributed by atoms with van der Waals surface area (Å²) in [7, 11) is 0. The van der Waals surface area contributed by atoms with Gasteiger partial charge in [-0.15, -0.1) is 0 Å². The van der Waals surface area contributed by atoms with E-state index in [2.05, 4.69) is 19.9 Å². The molecule has 2 fully saturated rings. The molecule has 3 aromatic rings. The van der Waals surface area contributed by atoms with E-state index in [-0.39, 0.29) is 11.8 Å². The van der Waals surface area contributed by atoms with Crippen LogP contribution in [0.1, 0.15) is 34.9 Å². The van der Waals surface area contributed by atoms with Gasteiger partial charge in [-0.25, -0.2) is 9.97 Å². The van der Waals surface area contributed by atoms with Crippen LogP contribution in [0.3, 0.4) is 0 Å². The number of rotatable bonds is 4.